The summed E-state index contributed by atoms with van der Waals surface area (Å²) in [4.78, 5) is 8.69. The Hall–Kier alpha value is -2.40. The lowest BCUT2D eigenvalue weighted by molar-refractivity contribution is 0.204. The Morgan fingerprint density at radius 2 is 2.10 bits per heavy atom. The van der Waals surface area contributed by atoms with Gasteiger partial charge in [0.05, 0.1) is 6.26 Å². The summed E-state index contributed by atoms with van der Waals surface area (Å²) in [5.41, 5.74) is 0.831. The quantitative estimate of drug-likeness (QED) is 0.754. The Labute approximate surface area is 122 Å². The zero-order chi connectivity index (χ0) is 14.5. The highest BCUT2D eigenvalue weighted by molar-refractivity contribution is 5.48. The Kier molecular flexibility index (Phi) is 4.12. The van der Waals surface area contributed by atoms with E-state index in [9.17, 15) is 5.11 Å². The van der Waals surface area contributed by atoms with Gasteiger partial charge in [-0.25, -0.2) is 4.98 Å². The zero-order valence-corrected chi connectivity index (χ0v) is 11.6. The highest BCUT2D eigenvalue weighted by Crippen LogP contribution is 2.18. The van der Waals surface area contributed by atoms with Crippen molar-refractivity contribution in [2.24, 2.45) is 5.92 Å². The van der Waals surface area contributed by atoms with Gasteiger partial charge in [-0.05, 0) is 24.3 Å². The van der Waals surface area contributed by atoms with E-state index in [2.05, 4.69) is 9.97 Å². The summed E-state index contributed by atoms with van der Waals surface area (Å²) in [5, 5.41) is 9.59. The smallest absolute Gasteiger partial charge is 0.158 e. The molecule has 0 aromatic carbocycles. The molecule has 0 spiro atoms. The van der Waals surface area contributed by atoms with Gasteiger partial charge >= 0.3 is 0 Å². The van der Waals surface area contributed by atoms with Gasteiger partial charge in [-0.15, -0.1) is 0 Å². The lowest BCUT2D eigenvalue weighted by atomic mass is 10.0. The van der Waals surface area contributed by atoms with Crippen LogP contribution in [0.15, 0.2) is 59.6 Å². The minimum absolute atomic E-state index is 0.0767. The van der Waals surface area contributed by atoms with Gasteiger partial charge in [0.15, 0.2) is 5.82 Å². The molecule has 5 heteroatoms. The van der Waals surface area contributed by atoms with Crippen LogP contribution in [0.2, 0.25) is 0 Å². The number of nitrogens with zero attached hydrogens (tertiary/aromatic N) is 3. The van der Waals surface area contributed by atoms with Crippen LogP contribution in [0.25, 0.3) is 11.5 Å². The number of aliphatic hydroxyl groups is 1. The summed E-state index contributed by atoms with van der Waals surface area (Å²) in [7, 11) is 0. The van der Waals surface area contributed by atoms with Crippen LogP contribution in [0.3, 0.4) is 0 Å². The molecule has 0 saturated heterocycles. The average molecular weight is 283 g/mol. The van der Waals surface area contributed by atoms with Crippen LogP contribution >= 0.6 is 0 Å². The zero-order valence-electron chi connectivity index (χ0n) is 11.6. The molecule has 21 heavy (non-hydrogen) atoms. The molecule has 0 unspecified atom stereocenters. The molecule has 1 N–H and O–H groups in total. The molecule has 3 rings (SSSR count). The Morgan fingerprint density at radius 3 is 2.81 bits per heavy atom. The number of hydrogen-bond donors (Lipinski definition) is 1. The molecule has 0 fully saturated rings. The van der Waals surface area contributed by atoms with E-state index in [1.807, 2.05) is 41.1 Å². The van der Waals surface area contributed by atoms with Crippen LogP contribution in [0.1, 0.15) is 5.76 Å². The second-order valence-corrected chi connectivity index (χ2v) is 4.95. The van der Waals surface area contributed by atoms with Crippen molar-refractivity contribution < 1.29 is 9.52 Å². The third kappa shape index (κ3) is 3.20. The van der Waals surface area contributed by atoms with E-state index in [0.717, 1.165) is 17.3 Å². The molecule has 0 aliphatic carbocycles. The maximum Gasteiger partial charge on any atom is 0.158 e. The van der Waals surface area contributed by atoms with Crippen molar-refractivity contribution in [2.75, 3.05) is 6.61 Å². The number of rotatable bonds is 6. The molecule has 108 valence electrons. The van der Waals surface area contributed by atoms with Crippen molar-refractivity contribution in [3.63, 3.8) is 0 Å². The van der Waals surface area contributed by atoms with E-state index < -0.39 is 0 Å². The normalized spacial score (nSPS) is 12.4. The average Bonchev–Trinajstić information content (AvgIpc) is 3.19. The molecule has 0 bridgehead atoms. The topological polar surface area (TPSA) is 64.1 Å². The highest BCUT2D eigenvalue weighted by atomic mass is 16.3. The van der Waals surface area contributed by atoms with Gasteiger partial charge in [0.2, 0.25) is 0 Å². The van der Waals surface area contributed by atoms with Crippen LogP contribution in [-0.4, -0.2) is 26.2 Å². The van der Waals surface area contributed by atoms with Crippen LogP contribution in [0.5, 0.6) is 0 Å². The maximum absolute atomic E-state index is 9.59. The highest BCUT2D eigenvalue weighted by Gasteiger charge is 2.14. The number of furan rings is 1. The van der Waals surface area contributed by atoms with Gasteiger partial charge in [-0.2, -0.15) is 0 Å². The fraction of sp³-hybridized carbons (Fsp3) is 0.250. The Bertz CT molecular complexity index is 662. The van der Waals surface area contributed by atoms with Gasteiger partial charge in [0.25, 0.3) is 0 Å². The van der Waals surface area contributed by atoms with Crippen LogP contribution < -0.4 is 0 Å². The molecule has 3 heterocycles. The molecule has 3 aromatic heterocycles. The number of pyridine rings is 1. The van der Waals surface area contributed by atoms with Crippen molar-refractivity contribution in [1.29, 1.82) is 0 Å². The van der Waals surface area contributed by atoms with Gasteiger partial charge in [0, 0.05) is 44.1 Å². The van der Waals surface area contributed by atoms with Crippen molar-refractivity contribution in [3.8, 4) is 11.5 Å². The molecule has 0 aliphatic rings. The summed E-state index contributed by atoms with van der Waals surface area (Å²) in [6, 6.07) is 9.54. The predicted octanol–water partition coefficient (Wildman–Crippen LogP) is 2.39. The summed E-state index contributed by atoms with van der Waals surface area (Å²) < 4.78 is 7.37. The standard InChI is InChI=1S/C16H17N3O2/c20-12-13(10-14-4-3-9-21-14)11-19-8-7-18-16(19)15-5-1-2-6-17-15/h1-9,13,20H,10-12H2/t13-/m0/s1. The van der Waals surface area contributed by atoms with Crippen LogP contribution in [-0.2, 0) is 13.0 Å². The fourth-order valence-corrected chi connectivity index (χ4v) is 2.36. The van der Waals surface area contributed by atoms with Crippen molar-refractivity contribution in [1.82, 2.24) is 14.5 Å². The van der Waals surface area contributed by atoms with E-state index in [4.69, 9.17) is 4.42 Å². The first-order valence-electron chi connectivity index (χ1n) is 6.92. The molecule has 0 amide bonds. The lowest BCUT2D eigenvalue weighted by Crippen LogP contribution is -2.17. The number of aromatic nitrogens is 3. The number of aliphatic hydroxyl groups excluding tert-OH is 1. The first kappa shape index (κ1) is 13.6. The maximum atomic E-state index is 9.59. The molecule has 3 aromatic rings. The van der Waals surface area contributed by atoms with Crippen LogP contribution in [0.4, 0.5) is 0 Å². The second-order valence-electron chi connectivity index (χ2n) is 4.95. The second kappa shape index (κ2) is 6.37. The first-order valence-corrected chi connectivity index (χ1v) is 6.92. The molecule has 0 aliphatic heterocycles. The van der Waals surface area contributed by atoms with Crippen molar-refractivity contribution >= 4 is 0 Å². The first-order chi connectivity index (χ1) is 10.4. The number of hydrogen-bond acceptors (Lipinski definition) is 4. The predicted molar refractivity (Wildman–Crippen MR) is 78.4 cm³/mol. The summed E-state index contributed by atoms with van der Waals surface area (Å²) >= 11 is 0. The van der Waals surface area contributed by atoms with E-state index in [-0.39, 0.29) is 12.5 Å². The monoisotopic (exact) mass is 283 g/mol. The molecular weight excluding hydrogens is 266 g/mol. The van der Waals surface area contributed by atoms with E-state index in [1.165, 1.54) is 0 Å². The van der Waals surface area contributed by atoms with Crippen molar-refractivity contribution in [2.45, 2.75) is 13.0 Å². The third-order valence-corrected chi connectivity index (χ3v) is 3.39. The van der Waals surface area contributed by atoms with E-state index in [0.29, 0.717) is 13.0 Å². The molecular formula is C16H17N3O2. The Balaban J connectivity index is 1.77. The minimum Gasteiger partial charge on any atom is -0.469 e. The van der Waals surface area contributed by atoms with Gasteiger partial charge < -0.3 is 14.1 Å². The fourth-order valence-electron chi connectivity index (χ4n) is 2.36. The van der Waals surface area contributed by atoms with Gasteiger partial charge in [-0.3, -0.25) is 4.98 Å². The van der Waals surface area contributed by atoms with Crippen molar-refractivity contribution in [3.05, 3.63) is 60.9 Å². The van der Waals surface area contributed by atoms with Gasteiger partial charge in [-0.1, -0.05) is 6.07 Å². The number of imidazole rings is 1. The Morgan fingerprint density at radius 1 is 1.14 bits per heavy atom. The summed E-state index contributed by atoms with van der Waals surface area (Å²) in [6.07, 6.45) is 7.77. The lowest BCUT2D eigenvalue weighted by Gasteiger charge is -2.15. The molecule has 1 atom stereocenters. The molecule has 5 nitrogen and oxygen atoms in total. The largest absolute Gasteiger partial charge is 0.469 e. The van der Waals surface area contributed by atoms with Crippen LogP contribution in [0, 0.1) is 5.92 Å². The van der Waals surface area contributed by atoms with Gasteiger partial charge in [0.1, 0.15) is 11.5 Å². The molecule has 0 radical (unpaired) electrons. The summed E-state index contributed by atoms with van der Waals surface area (Å²) in [6.45, 7) is 0.768. The SMILES string of the molecule is OC[C@@H](Cc1ccco1)Cn1ccnc1-c1ccccn1. The molecule has 0 saturated carbocycles. The van der Waals surface area contributed by atoms with E-state index >= 15 is 0 Å². The summed E-state index contributed by atoms with van der Waals surface area (Å²) in [5.74, 6) is 1.77. The van der Waals surface area contributed by atoms with E-state index in [1.54, 1.807) is 18.7 Å². The minimum atomic E-state index is 0.0767. The third-order valence-electron chi connectivity index (χ3n) is 3.39.